The number of ketones is 1. The van der Waals surface area contributed by atoms with Crippen molar-refractivity contribution in [3.8, 4) is 0 Å². The Morgan fingerprint density at radius 3 is 2.45 bits per heavy atom. The lowest BCUT2D eigenvalue weighted by atomic mass is 9.95. The molecular formula is C23H18N4O3S. The van der Waals surface area contributed by atoms with Gasteiger partial charge < -0.3 is 10.1 Å². The fourth-order valence-electron chi connectivity index (χ4n) is 3.92. The average molecular weight is 430 g/mol. The third-order valence-corrected chi connectivity index (χ3v) is 6.35. The van der Waals surface area contributed by atoms with Crippen LogP contribution >= 0.6 is 11.3 Å². The molecule has 0 saturated carbocycles. The first kappa shape index (κ1) is 19.2. The highest BCUT2D eigenvalue weighted by Gasteiger charge is 2.46. The largest absolute Gasteiger partial charge is 0.503 e. The number of fused-ring (bicyclic) bond motifs is 1. The number of thiazole rings is 1. The molecule has 31 heavy (non-hydrogen) atoms. The molecule has 5 rings (SSSR count). The molecule has 1 aliphatic rings. The van der Waals surface area contributed by atoms with Crippen molar-refractivity contribution in [2.45, 2.75) is 19.9 Å². The number of nitrogens with zero attached hydrogens (tertiary/aromatic N) is 3. The molecule has 7 nitrogen and oxygen atoms in total. The number of para-hydroxylation sites is 2. The molecule has 2 N–H and O–H groups in total. The van der Waals surface area contributed by atoms with Crippen molar-refractivity contribution in [1.82, 2.24) is 15.0 Å². The predicted octanol–water partition coefficient (Wildman–Crippen LogP) is 4.42. The van der Waals surface area contributed by atoms with Crippen LogP contribution in [0.5, 0.6) is 0 Å². The summed E-state index contributed by atoms with van der Waals surface area (Å²) in [5.41, 5.74) is 2.75. The highest BCUT2D eigenvalue weighted by atomic mass is 32.1. The maximum Gasteiger partial charge on any atom is 0.296 e. The smallest absolute Gasteiger partial charge is 0.296 e. The predicted molar refractivity (Wildman–Crippen MR) is 118 cm³/mol. The summed E-state index contributed by atoms with van der Waals surface area (Å²) in [5, 5.41) is 11.6. The van der Waals surface area contributed by atoms with Gasteiger partial charge in [-0.2, -0.15) is 0 Å². The second-order valence-corrected chi connectivity index (χ2v) is 8.51. The molecule has 0 fully saturated rings. The van der Waals surface area contributed by atoms with Crippen LogP contribution in [0, 0.1) is 13.8 Å². The van der Waals surface area contributed by atoms with Gasteiger partial charge in [-0.05, 0) is 31.5 Å². The number of rotatable bonds is 4. The van der Waals surface area contributed by atoms with E-state index >= 15 is 0 Å². The molecule has 0 aliphatic carbocycles. The molecular weight excluding hydrogens is 412 g/mol. The molecule has 0 saturated heterocycles. The van der Waals surface area contributed by atoms with E-state index < -0.39 is 23.5 Å². The van der Waals surface area contributed by atoms with E-state index in [-0.39, 0.29) is 11.5 Å². The summed E-state index contributed by atoms with van der Waals surface area (Å²) in [6, 6.07) is 15.7. The Balaban J connectivity index is 1.69. The number of carbonyl (C=O) groups excluding carboxylic acids is 2. The van der Waals surface area contributed by atoms with Crippen LogP contribution in [0.25, 0.3) is 11.0 Å². The number of anilines is 1. The zero-order valence-electron chi connectivity index (χ0n) is 16.8. The number of amides is 1. The van der Waals surface area contributed by atoms with Gasteiger partial charge in [0.1, 0.15) is 0 Å². The second kappa shape index (κ2) is 7.17. The number of aryl methyl sites for hydroxylation is 2. The molecule has 4 aromatic rings. The number of hydrogen-bond donors (Lipinski definition) is 2. The number of nitrogens with one attached hydrogen (secondary N) is 1. The first-order valence-corrected chi connectivity index (χ1v) is 10.5. The molecule has 2 aromatic heterocycles. The van der Waals surface area contributed by atoms with Crippen LogP contribution in [0.2, 0.25) is 0 Å². The Bertz CT molecular complexity index is 1340. The van der Waals surface area contributed by atoms with Crippen LogP contribution in [0.1, 0.15) is 32.0 Å². The second-order valence-electron chi connectivity index (χ2n) is 7.30. The summed E-state index contributed by atoms with van der Waals surface area (Å²) >= 11 is 1.25. The van der Waals surface area contributed by atoms with Crippen LogP contribution < -0.4 is 4.90 Å². The van der Waals surface area contributed by atoms with Gasteiger partial charge in [0.2, 0.25) is 11.7 Å². The highest BCUT2D eigenvalue weighted by molar-refractivity contribution is 7.14. The lowest BCUT2D eigenvalue weighted by Gasteiger charge is -2.24. The van der Waals surface area contributed by atoms with Crippen molar-refractivity contribution in [1.29, 1.82) is 0 Å². The van der Waals surface area contributed by atoms with Crippen LogP contribution in [-0.2, 0) is 4.79 Å². The molecule has 1 aliphatic heterocycles. The molecule has 1 amide bonds. The molecule has 0 spiro atoms. The quantitative estimate of drug-likeness (QED) is 0.467. The number of aliphatic hydroxyl groups excluding tert-OH is 1. The third kappa shape index (κ3) is 3.03. The summed E-state index contributed by atoms with van der Waals surface area (Å²) in [4.78, 5) is 40.5. The summed E-state index contributed by atoms with van der Waals surface area (Å²) < 4.78 is 0. The van der Waals surface area contributed by atoms with E-state index in [0.717, 1.165) is 10.5 Å². The minimum absolute atomic E-state index is 0.0309. The van der Waals surface area contributed by atoms with E-state index in [9.17, 15) is 14.7 Å². The van der Waals surface area contributed by atoms with Gasteiger partial charge in [0.15, 0.2) is 5.76 Å². The van der Waals surface area contributed by atoms with Gasteiger partial charge in [-0.1, -0.05) is 42.5 Å². The number of aliphatic hydroxyl groups is 1. The standard InChI is InChI=1S/C23H18N4O3S/c1-12-21(31-13(2)24-12)19(28)17-18(14-8-4-3-5-9-14)27(22(30)20(17)29)23-25-15-10-6-7-11-16(15)26-23/h3-11,18,29H,1-2H3,(H,25,26). The number of Topliss-reactive ketones (excluding diaryl/α,β-unsaturated/α-hetero) is 1. The Morgan fingerprint density at radius 1 is 1.06 bits per heavy atom. The van der Waals surface area contributed by atoms with Gasteiger partial charge in [-0.25, -0.2) is 9.97 Å². The lowest BCUT2D eigenvalue weighted by molar-refractivity contribution is -0.117. The van der Waals surface area contributed by atoms with Crippen molar-refractivity contribution in [3.05, 3.63) is 87.1 Å². The maximum absolute atomic E-state index is 13.5. The molecule has 0 bridgehead atoms. The first-order valence-electron chi connectivity index (χ1n) is 9.71. The number of imidazole rings is 1. The van der Waals surface area contributed by atoms with Crippen molar-refractivity contribution < 1.29 is 14.7 Å². The molecule has 2 aromatic carbocycles. The van der Waals surface area contributed by atoms with Gasteiger partial charge in [-0.3, -0.25) is 14.5 Å². The van der Waals surface area contributed by atoms with Crippen molar-refractivity contribution in [2.75, 3.05) is 4.90 Å². The summed E-state index contributed by atoms with van der Waals surface area (Å²) in [5.74, 6) is -1.37. The minimum atomic E-state index is -0.816. The van der Waals surface area contributed by atoms with Gasteiger partial charge in [0, 0.05) is 0 Å². The SMILES string of the molecule is Cc1nc(C)c(C(=O)C2=C(O)C(=O)N(c3nc4ccccc4[nH]3)C2c2ccccc2)s1. The number of aromatic amines is 1. The fourth-order valence-corrected chi connectivity index (χ4v) is 4.80. The van der Waals surface area contributed by atoms with Crippen molar-refractivity contribution in [3.63, 3.8) is 0 Å². The third-order valence-electron chi connectivity index (χ3n) is 5.28. The topological polar surface area (TPSA) is 99.2 Å². The van der Waals surface area contributed by atoms with Crippen LogP contribution in [0.3, 0.4) is 0 Å². The van der Waals surface area contributed by atoms with Gasteiger partial charge >= 0.3 is 0 Å². The Hall–Kier alpha value is -3.78. The van der Waals surface area contributed by atoms with Gasteiger partial charge in [0.25, 0.3) is 5.91 Å². The Labute approximate surface area is 181 Å². The molecule has 3 heterocycles. The first-order chi connectivity index (χ1) is 15.0. The van der Waals surface area contributed by atoms with E-state index in [1.165, 1.54) is 16.2 Å². The normalized spacial score (nSPS) is 16.5. The number of hydrogen-bond acceptors (Lipinski definition) is 6. The van der Waals surface area contributed by atoms with Crippen molar-refractivity contribution >= 4 is 40.0 Å². The summed E-state index contributed by atoms with van der Waals surface area (Å²) in [7, 11) is 0. The van der Waals surface area contributed by atoms with E-state index in [1.807, 2.05) is 61.5 Å². The zero-order chi connectivity index (χ0) is 21.7. The Morgan fingerprint density at radius 2 is 1.77 bits per heavy atom. The fraction of sp³-hybridized carbons (Fsp3) is 0.130. The maximum atomic E-state index is 13.5. The van der Waals surface area contributed by atoms with Gasteiger partial charge in [0.05, 0.1) is 38.2 Å². The average Bonchev–Trinajstić information content (AvgIpc) is 3.42. The number of carbonyl (C=O) groups is 2. The number of benzene rings is 2. The zero-order valence-corrected chi connectivity index (χ0v) is 17.6. The Kier molecular flexibility index (Phi) is 4.44. The van der Waals surface area contributed by atoms with Crippen LogP contribution in [0.4, 0.5) is 5.95 Å². The molecule has 154 valence electrons. The van der Waals surface area contributed by atoms with Crippen molar-refractivity contribution in [2.24, 2.45) is 0 Å². The van der Waals surface area contributed by atoms with Crippen LogP contribution in [0.15, 0.2) is 65.9 Å². The monoisotopic (exact) mass is 430 g/mol. The van der Waals surface area contributed by atoms with Gasteiger partial charge in [-0.15, -0.1) is 11.3 Å². The van der Waals surface area contributed by atoms with Crippen LogP contribution in [-0.4, -0.2) is 31.7 Å². The lowest BCUT2D eigenvalue weighted by Crippen LogP contribution is -2.32. The highest BCUT2D eigenvalue weighted by Crippen LogP contribution is 2.42. The summed E-state index contributed by atoms with van der Waals surface area (Å²) in [6.07, 6.45) is 0. The summed E-state index contributed by atoms with van der Waals surface area (Å²) in [6.45, 7) is 3.57. The molecule has 1 atom stereocenters. The number of H-pyrrole nitrogens is 1. The van der Waals surface area contributed by atoms with E-state index in [4.69, 9.17) is 0 Å². The van der Waals surface area contributed by atoms with E-state index in [1.54, 1.807) is 6.92 Å². The van der Waals surface area contributed by atoms with E-state index in [0.29, 0.717) is 21.7 Å². The number of aromatic nitrogens is 3. The van der Waals surface area contributed by atoms with E-state index in [2.05, 4.69) is 15.0 Å². The molecule has 1 unspecified atom stereocenters. The molecule has 8 heteroatoms. The minimum Gasteiger partial charge on any atom is -0.503 e. The molecule has 0 radical (unpaired) electrons.